The number of imidazole rings is 1. The summed E-state index contributed by atoms with van der Waals surface area (Å²) in [6.07, 6.45) is 1.45. The van der Waals surface area contributed by atoms with E-state index >= 15 is 0 Å². The van der Waals surface area contributed by atoms with Gasteiger partial charge in [0, 0.05) is 0 Å². The maximum absolute atomic E-state index is 11.1. The van der Waals surface area contributed by atoms with Crippen LogP contribution in [0.5, 0.6) is 0 Å². The largest absolute Gasteiger partial charge is 0.347 e. The van der Waals surface area contributed by atoms with Gasteiger partial charge in [0.2, 0.25) is 0 Å². The molecule has 6 heteroatoms. The Bertz CT molecular complexity index is 531. The minimum absolute atomic E-state index is 0.730. The number of rotatable bonds is 2. The zero-order chi connectivity index (χ0) is 11.1. The zero-order valence-electron chi connectivity index (χ0n) is 8.11. The molecule has 5 nitrogen and oxygen atoms in total. The zero-order valence-corrected chi connectivity index (χ0v) is 9.00. The molecule has 0 aliphatic carbocycles. The first-order chi connectivity index (χ1) is 7.00. The van der Waals surface area contributed by atoms with Crippen LogP contribution in [0.2, 0.25) is 0 Å². The topological polar surface area (TPSA) is 75.4 Å². The van der Waals surface area contributed by atoms with Gasteiger partial charge in [-0.05, 0) is 19.1 Å². The fraction of sp³-hybridized carbons (Fsp3) is 0.222. The quantitative estimate of drug-likeness (QED) is 0.764. The van der Waals surface area contributed by atoms with Crippen LogP contribution in [0.3, 0.4) is 0 Å². The van der Waals surface area contributed by atoms with Crippen molar-refractivity contribution in [2.75, 3.05) is 0 Å². The summed E-state index contributed by atoms with van der Waals surface area (Å²) >= 11 is 0. The molecule has 80 valence electrons. The van der Waals surface area contributed by atoms with Crippen LogP contribution in [0.1, 0.15) is 12.7 Å². The minimum Gasteiger partial charge on any atom is -0.323 e. The van der Waals surface area contributed by atoms with Gasteiger partial charge >= 0.3 is 7.60 Å². The molecule has 1 aromatic carbocycles. The van der Waals surface area contributed by atoms with Gasteiger partial charge in [0.15, 0.2) is 0 Å². The third-order valence-electron chi connectivity index (χ3n) is 2.37. The molecule has 1 aromatic heterocycles. The highest BCUT2D eigenvalue weighted by Gasteiger charge is 2.26. The standard InChI is InChI=1S/C9H11N2O3P/c1-7(15(12,13)14)11-6-10-8-4-2-3-5-9(8)11/h2-7H,1H3,(H2,12,13,14). The molecule has 0 bridgehead atoms. The van der Waals surface area contributed by atoms with E-state index in [0.717, 1.165) is 11.0 Å². The van der Waals surface area contributed by atoms with Crippen LogP contribution in [-0.4, -0.2) is 19.3 Å². The summed E-state index contributed by atoms with van der Waals surface area (Å²) in [5.74, 6) is -0.884. The van der Waals surface area contributed by atoms with Crippen molar-refractivity contribution in [1.82, 2.24) is 9.55 Å². The molecule has 0 saturated heterocycles. The van der Waals surface area contributed by atoms with E-state index in [1.807, 2.05) is 12.1 Å². The summed E-state index contributed by atoms with van der Waals surface area (Å²) in [5.41, 5.74) is 1.46. The maximum Gasteiger partial charge on any atom is 0.347 e. The highest BCUT2D eigenvalue weighted by molar-refractivity contribution is 7.51. The third-order valence-corrected chi connectivity index (χ3v) is 3.59. The molecule has 0 amide bonds. The minimum atomic E-state index is -4.13. The first-order valence-corrected chi connectivity index (χ1v) is 6.15. The molecule has 0 radical (unpaired) electrons. The van der Waals surface area contributed by atoms with Gasteiger partial charge in [0.1, 0.15) is 5.78 Å². The van der Waals surface area contributed by atoms with Gasteiger partial charge in [-0.3, -0.25) is 4.57 Å². The van der Waals surface area contributed by atoms with Gasteiger partial charge in [-0.25, -0.2) is 4.98 Å². The summed E-state index contributed by atoms with van der Waals surface area (Å²) in [5, 5.41) is 0. The predicted octanol–water partition coefficient (Wildman–Crippen LogP) is 1.73. The monoisotopic (exact) mass is 226 g/mol. The normalized spacial score (nSPS) is 14.3. The third kappa shape index (κ3) is 1.81. The molecule has 1 heterocycles. The molecule has 1 unspecified atom stereocenters. The van der Waals surface area contributed by atoms with Gasteiger partial charge < -0.3 is 14.4 Å². The molecule has 0 saturated carbocycles. The number of hydrogen-bond donors (Lipinski definition) is 2. The second kappa shape index (κ2) is 3.45. The lowest BCUT2D eigenvalue weighted by molar-refractivity contribution is 0.347. The molecule has 15 heavy (non-hydrogen) atoms. The molecule has 1 atom stereocenters. The summed E-state index contributed by atoms with van der Waals surface area (Å²) in [6, 6.07) is 7.24. The number of nitrogens with zero attached hydrogens (tertiary/aromatic N) is 2. The smallest absolute Gasteiger partial charge is 0.323 e. The Balaban J connectivity index is 2.58. The number of hydrogen-bond acceptors (Lipinski definition) is 2. The summed E-state index contributed by atoms with van der Waals surface area (Å²) in [6.45, 7) is 1.48. The Morgan fingerprint density at radius 2 is 2.07 bits per heavy atom. The van der Waals surface area contributed by atoms with E-state index in [1.165, 1.54) is 17.8 Å². The second-order valence-corrected chi connectivity index (χ2v) is 5.29. The highest BCUT2D eigenvalue weighted by Crippen LogP contribution is 2.49. The lowest BCUT2D eigenvalue weighted by Crippen LogP contribution is -2.03. The first-order valence-electron chi connectivity index (χ1n) is 4.47. The number of aromatic nitrogens is 2. The van der Waals surface area contributed by atoms with Crippen LogP contribution in [0, 0.1) is 0 Å². The lowest BCUT2D eigenvalue weighted by Gasteiger charge is -2.15. The number of benzene rings is 1. The van der Waals surface area contributed by atoms with Crippen molar-refractivity contribution >= 4 is 18.6 Å². The molecular formula is C9H11N2O3P. The van der Waals surface area contributed by atoms with E-state index < -0.39 is 13.4 Å². The van der Waals surface area contributed by atoms with E-state index in [0.29, 0.717) is 0 Å². The van der Waals surface area contributed by atoms with E-state index in [1.54, 1.807) is 12.1 Å². The van der Waals surface area contributed by atoms with Crippen molar-refractivity contribution in [2.24, 2.45) is 0 Å². The van der Waals surface area contributed by atoms with Crippen molar-refractivity contribution in [2.45, 2.75) is 12.7 Å². The van der Waals surface area contributed by atoms with Crippen LogP contribution >= 0.6 is 7.60 Å². The Morgan fingerprint density at radius 1 is 1.40 bits per heavy atom. The maximum atomic E-state index is 11.1. The Labute approximate surface area is 86.5 Å². The fourth-order valence-electron chi connectivity index (χ4n) is 1.44. The van der Waals surface area contributed by atoms with Crippen molar-refractivity contribution in [1.29, 1.82) is 0 Å². The Morgan fingerprint density at radius 3 is 2.73 bits per heavy atom. The predicted molar refractivity (Wildman–Crippen MR) is 56.5 cm³/mol. The van der Waals surface area contributed by atoms with Crippen molar-refractivity contribution < 1.29 is 14.4 Å². The van der Waals surface area contributed by atoms with Crippen molar-refractivity contribution in [3.63, 3.8) is 0 Å². The van der Waals surface area contributed by atoms with E-state index in [9.17, 15) is 4.57 Å². The Kier molecular flexibility index (Phi) is 2.38. The molecular weight excluding hydrogens is 215 g/mol. The molecule has 0 aliphatic heterocycles. The molecule has 0 fully saturated rings. The summed E-state index contributed by atoms with van der Waals surface area (Å²) in [7, 11) is -4.13. The average molecular weight is 226 g/mol. The van der Waals surface area contributed by atoms with Gasteiger partial charge in [-0.1, -0.05) is 12.1 Å². The van der Waals surface area contributed by atoms with E-state index in [4.69, 9.17) is 9.79 Å². The lowest BCUT2D eigenvalue weighted by atomic mass is 10.3. The van der Waals surface area contributed by atoms with Gasteiger partial charge in [0.25, 0.3) is 0 Å². The highest BCUT2D eigenvalue weighted by atomic mass is 31.2. The molecule has 0 spiro atoms. The molecule has 0 aliphatic rings. The van der Waals surface area contributed by atoms with Gasteiger partial charge in [0.05, 0.1) is 17.4 Å². The SMILES string of the molecule is CC(n1cnc2ccccc21)P(=O)(O)O. The first kappa shape index (κ1) is 10.4. The number of fused-ring (bicyclic) bond motifs is 1. The average Bonchev–Trinajstić information content (AvgIpc) is 2.58. The van der Waals surface area contributed by atoms with Crippen molar-refractivity contribution in [3.05, 3.63) is 30.6 Å². The molecule has 2 rings (SSSR count). The van der Waals surface area contributed by atoms with Gasteiger partial charge in [-0.15, -0.1) is 0 Å². The van der Waals surface area contributed by atoms with Crippen LogP contribution in [-0.2, 0) is 4.57 Å². The molecule has 2 N–H and O–H groups in total. The fourth-order valence-corrected chi connectivity index (χ4v) is 1.95. The van der Waals surface area contributed by atoms with Crippen LogP contribution in [0.25, 0.3) is 11.0 Å². The summed E-state index contributed by atoms with van der Waals surface area (Å²) in [4.78, 5) is 22.2. The van der Waals surface area contributed by atoms with Crippen LogP contribution in [0.15, 0.2) is 30.6 Å². The molecule has 2 aromatic rings. The van der Waals surface area contributed by atoms with Crippen molar-refractivity contribution in [3.8, 4) is 0 Å². The number of para-hydroxylation sites is 2. The summed E-state index contributed by atoms with van der Waals surface area (Å²) < 4.78 is 12.6. The second-order valence-electron chi connectivity index (χ2n) is 3.36. The van der Waals surface area contributed by atoms with Crippen LogP contribution < -0.4 is 0 Å². The van der Waals surface area contributed by atoms with E-state index in [2.05, 4.69) is 4.98 Å². The Hall–Kier alpha value is -1.16. The van der Waals surface area contributed by atoms with Crippen LogP contribution in [0.4, 0.5) is 0 Å². The van der Waals surface area contributed by atoms with E-state index in [-0.39, 0.29) is 0 Å². The van der Waals surface area contributed by atoms with Gasteiger partial charge in [-0.2, -0.15) is 0 Å².